The summed E-state index contributed by atoms with van der Waals surface area (Å²) in [5.74, 6) is 0.763. The lowest BCUT2D eigenvalue weighted by Crippen LogP contribution is -2.25. The smallest absolute Gasteiger partial charge is 0.293 e. The summed E-state index contributed by atoms with van der Waals surface area (Å²) < 4.78 is 0.754. The fraction of sp³-hybridized carbons (Fsp3) is 0.571. The van der Waals surface area contributed by atoms with Crippen LogP contribution in [0.25, 0.3) is 0 Å². The number of benzene rings is 1. The molecular formula is C14H19BrN2O2. The quantitative estimate of drug-likeness (QED) is 0.611. The van der Waals surface area contributed by atoms with E-state index in [0.717, 1.165) is 42.0 Å². The zero-order chi connectivity index (χ0) is 13.8. The summed E-state index contributed by atoms with van der Waals surface area (Å²) in [7, 11) is 0. The van der Waals surface area contributed by atoms with Crippen LogP contribution >= 0.6 is 15.9 Å². The van der Waals surface area contributed by atoms with E-state index in [1.807, 2.05) is 12.1 Å². The molecule has 1 aliphatic heterocycles. The predicted molar refractivity (Wildman–Crippen MR) is 80.6 cm³/mol. The van der Waals surface area contributed by atoms with Gasteiger partial charge in [-0.05, 0) is 37.3 Å². The molecule has 0 aromatic heterocycles. The van der Waals surface area contributed by atoms with Crippen molar-refractivity contribution < 1.29 is 4.92 Å². The van der Waals surface area contributed by atoms with Crippen molar-refractivity contribution in [2.75, 3.05) is 18.0 Å². The average molecular weight is 327 g/mol. The van der Waals surface area contributed by atoms with Crippen molar-refractivity contribution in [2.45, 2.75) is 32.6 Å². The fourth-order valence-corrected chi connectivity index (χ4v) is 3.07. The number of halogens is 1. The summed E-state index contributed by atoms with van der Waals surface area (Å²) in [4.78, 5) is 13.1. The van der Waals surface area contributed by atoms with Crippen molar-refractivity contribution in [1.82, 2.24) is 0 Å². The van der Waals surface area contributed by atoms with E-state index in [4.69, 9.17) is 0 Å². The molecule has 1 aromatic rings. The SMILES string of the molecule is CCC1CCCN(c2ccc(Br)cc2[N+](=O)[O-])CC1. The summed E-state index contributed by atoms with van der Waals surface area (Å²) in [6.45, 7) is 4.06. The molecule has 19 heavy (non-hydrogen) atoms. The van der Waals surface area contributed by atoms with Gasteiger partial charge in [-0.15, -0.1) is 0 Å². The molecule has 0 bridgehead atoms. The van der Waals surface area contributed by atoms with Gasteiger partial charge in [0.25, 0.3) is 5.69 Å². The van der Waals surface area contributed by atoms with E-state index in [2.05, 4.69) is 27.8 Å². The van der Waals surface area contributed by atoms with Gasteiger partial charge in [0.1, 0.15) is 5.69 Å². The van der Waals surface area contributed by atoms with E-state index in [0.29, 0.717) is 0 Å². The Balaban J connectivity index is 2.23. The van der Waals surface area contributed by atoms with E-state index < -0.39 is 0 Å². The number of nitrogens with zero attached hydrogens (tertiary/aromatic N) is 2. The molecule has 5 heteroatoms. The Morgan fingerprint density at radius 1 is 1.42 bits per heavy atom. The number of anilines is 1. The molecule has 1 aromatic carbocycles. The molecule has 1 fully saturated rings. The summed E-state index contributed by atoms with van der Waals surface area (Å²) in [6, 6.07) is 5.33. The minimum atomic E-state index is -0.289. The van der Waals surface area contributed by atoms with E-state index in [1.54, 1.807) is 6.07 Å². The van der Waals surface area contributed by atoms with Gasteiger partial charge >= 0.3 is 0 Å². The summed E-state index contributed by atoms with van der Waals surface area (Å²) in [5.41, 5.74) is 0.953. The minimum absolute atomic E-state index is 0.198. The first-order valence-electron chi connectivity index (χ1n) is 6.80. The van der Waals surface area contributed by atoms with Crippen molar-refractivity contribution >= 4 is 27.3 Å². The third-order valence-corrected chi connectivity index (χ3v) is 4.39. The van der Waals surface area contributed by atoms with Gasteiger partial charge in [0.2, 0.25) is 0 Å². The molecule has 0 amide bonds. The maximum absolute atomic E-state index is 11.2. The first kappa shape index (κ1) is 14.3. The van der Waals surface area contributed by atoms with Gasteiger partial charge in [-0.3, -0.25) is 10.1 Å². The molecule has 1 saturated heterocycles. The normalized spacial score (nSPS) is 20.1. The second kappa shape index (κ2) is 6.37. The Kier molecular flexibility index (Phi) is 4.80. The summed E-state index contributed by atoms with van der Waals surface area (Å²) in [5, 5.41) is 11.2. The Morgan fingerprint density at radius 3 is 2.89 bits per heavy atom. The molecule has 0 spiro atoms. The zero-order valence-electron chi connectivity index (χ0n) is 11.1. The van der Waals surface area contributed by atoms with Crippen molar-refractivity contribution in [3.63, 3.8) is 0 Å². The van der Waals surface area contributed by atoms with E-state index >= 15 is 0 Å². The fourth-order valence-electron chi connectivity index (χ4n) is 2.72. The topological polar surface area (TPSA) is 46.4 Å². The third kappa shape index (κ3) is 3.47. The van der Waals surface area contributed by atoms with Gasteiger partial charge in [-0.2, -0.15) is 0 Å². The van der Waals surface area contributed by atoms with Crippen LogP contribution in [0.5, 0.6) is 0 Å². The second-order valence-electron chi connectivity index (χ2n) is 5.08. The number of rotatable bonds is 3. The lowest BCUT2D eigenvalue weighted by molar-refractivity contribution is -0.384. The number of hydrogen-bond acceptors (Lipinski definition) is 3. The van der Waals surface area contributed by atoms with Crippen LogP contribution in [0.15, 0.2) is 22.7 Å². The first-order valence-corrected chi connectivity index (χ1v) is 7.60. The van der Waals surface area contributed by atoms with E-state index in [1.165, 1.54) is 12.8 Å². The van der Waals surface area contributed by atoms with Crippen LogP contribution in [0.2, 0.25) is 0 Å². The third-order valence-electron chi connectivity index (χ3n) is 3.90. The maximum Gasteiger partial charge on any atom is 0.293 e. The van der Waals surface area contributed by atoms with Crippen molar-refractivity contribution in [1.29, 1.82) is 0 Å². The van der Waals surface area contributed by atoms with Crippen LogP contribution in [-0.4, -0.2) is 18.0 Å². The highest BCUT2D eigenvalue weighted by Gasteiger charge is 2.22. The lowest BCUT2D eigenvalue weighted by Gasteiger charge is -2.22. The molecule has 0 aliphatic carbocycles. The largest absolute Gasteiger partial charge is 0.366 e. The highest BCUT2D eigenvalue weighted by molar-refractivity contribution is 9.10. The average Bonchev–Trinajstić information content (AvgIpc) is 2.63. The lowest BCUT2D eigenvalue weighted by atomic mass is 9.98. The Labute approximate surface area is 122 Å². The van der Waals surface area contributed by atoms with E-state index in [9.17, 15) is 10.1 Å². The molecule has 0 radical (unpaired) electrons. The highest BCUT2D eigenvalue weighted by Crippen LogP contribution is 2.33. The minimum Gasteiger partial charge on any atom is -0.366 e. The van der Waals surface area contributed by atoms with E-state index in [-0.39, 0.29) is 10.6 Å². The molecule has 2 rings (SSSR count). The molecule has 104 valence electrons. The molecule has 4 nitrogen and oxygen atoms in total. The van der Waals surface area contributed by atoms with Crippen LogP contribution in [0, 0.1) is 16.0 Å². The van der Waals surface area contributed by atoms with Gasteiger partial charge in [0, 0.05) is 23.6 Å². The van der Waals surface area contributed by atoms with Crippen molar-refractivity contribution in [3.8, 4) is 0 Å². The monoisotopic (exact) mass is 326 g/mol. The molecule has 1 aliphatic rings. The summed E-state index contributed by atoms with van der Waals surface area (Å²) in [6.07, 6.45) is 4.68. The molecular weight excluding hydrogens is 308 g/mol. The van der Waals surface area contributed by atoms with Gasteiger partial charge < -0.3 is 4.90 Å². The van der Waals surface area contributed by atoms with Crippen molar-refractivity contribution in [2.24, 2.45) is 5.92 Å². The Bertz CT molecular complexity index is 465. The molecule has 0 saturated carbocycles. The molecule has 1 unspecified atom stereocenters. The van der Waals surface area contributed by atoms with Gasteiger partial charge in [-0.25, -0.2) is 0 Å². The predicted octanol–water partition coefficient (Wildman–Crippen LogP) is 4.37. The molecule has 1 heterocycles. The second-order valence-corrected chi connectivity index (χ2v) is 6.00. The number of nitro groups is 1. The summed E-state index contributed by atoms with van der Waals surface area (Å²) >= 11 is 3.30. The standard InChI is InChI=1S/C14H19BrN2O2/c1-2-11-4-3-8-16(9-7-11)13-6-5-12(15)10-14(13)17(18)19/h5-6,10-11H,2-4,7-9H2,1H3. The Morgan fingerprint density at radius 2 is 2.21 bits per heavy atom. The molecule has 0 N–H and O–H groups in total. The molecule has 1 atom stereocenters. The van der Waals surface area contributed by atoms with Crippen molar-refractivity contribution in [3.05, 3.63) is 32.8 Å². The van der Waals surface area contributed by atoms with Crippen LogP contribution in [0.4, 0.5) is 11.4 Å². The zero-order valence-corrected chi connectivity index (χ0v) is 12.7. The van der Waals surface area contributed by atoms with Gasteiger partial charge in [-0.1, -0.05) is 29.3 Å². The first-order chi connectivity index (χ1) is 9.11. The Hall–Kier alpha value is -1.10. The van der Waals surface area contributed by atoms with Crippen LogP contribution in [-0.2, 0) is 0 Å². The van der Waals surface area contributed by atoms with Crippen LogP contribution < -0.4 is 4.90 Å². The maximum atomic E-state index is 11.2. The van der Waals surface area contributed by atoms with Gasteiger partial charge in [0.05, 0.1) is 4.92 Å². The van der Waals surface area contributed by atoms with Gasteiger partial charge in [0.15, 0.2) is 0 Å². The number of nitro benzene ring substituents is 1. The van der Waals surface area contributed by atoms with Crippen LogP contribution in [0.3, 0.4) is 0 Å². The highest BCUT2D eigenvalue weighted by atomic mass is 79.9. The number of hydrogen-bond donors (Lipinski definition) is 0. The van der Waals surface area contributed by atoms with Crippen LogP contribution in [0.1, 0.15) is 32.6 Å².